The molecule has 178 valence electrons. The van der Waals surface area contributed by atoms with Crippen LogP contribution in [0, 0.1) is 5.92 Å². The molecule has 0 saturated carbocycles. The number of hydrogen-bond acceptors (Lipinski definition) is 5. The summed E-state index contributed by atoms with van der Waals surface area (Å²) in [6.45, 7) is 7.69. The van der Waals surface area contributed by atoms with Gasteiger partial charge in [0.25, 0.3) is 11.8 Å². The lowest BCUT2D eigenvalue weighted by atomic mass is 10.0. The van der Waals surface area contributed by atoms with E-state index in [4.69, 9.17) is 9.47 Å². The van der Waals surface area contributed by atoms with Gasteiger partial charge >= 0.3 is 6.03 Å². The van der Waals surface area contributed by atoms with Crippen LogP contribution in [0.15, 0.2) is 48.5 Å². The maximum absolute atomic E-state index is 12.6. The molecule has 0 aliphatic heterocycles. The van der Waals surface area contributed by atoms with Crippen molar-refractivity contribution in [2.24, 2.45) is 5.92 Å². The van der Waals surface area contributed by atoms with E-state index in [-0.39, 0.29) is 17.6 Å². The third-order valence-electron chi connectivity index (χ3n) is 4.62. The summed E-state index contributed by atoms with van der Waals surface area (Å²) in [5.41, 5.74) is 5.95. The van der Waals surface area contributed by atoms with E-state index < -0.39 is 23.9 Å². The zero-order valence-corrected chi connectivity index (χ0v) is 19.6. The van der Waals surface area contributed by atoms with Crippen LogP contribution in [0.3, 0.4) is 0 Å². The van der Waals surface area contributed by atoms with Gasteiger partial charge in [-0.15, -0.1) is 0 Å². The fourth-order valence-corrected chi connectivity index (χ4v) is 2.93. The number of carbonyl (C=O) groups excluding carboxylic acids is 3. The minimum absolute atomic E-state index is 0.0526. The first-order chi connectivity index (χ1) is 15.7. The van der Waals surface area contributed by atoms with Crippen molar-refractivity contribution >= 4 is 17.8 Å². The second kappa shape index (κ2) is 12.3. The van der Waals surface area contributed by atoms with Crippen LogP contribution in [0.25, 0.3) is 0 Å². The Hall–Kier alpha value is -3.75. The Bertz CT molecular complexity index is 947. The standard InChI is InChI=1S/C24H32N4O5/c1-15(2)21(26-24(31)25-14-17-9-7-6-8-10-17)23(30)28-27-22(29)18-11-12-19(33-16(3)4)20(13-18)32-5/h6-13,15-16,21H,14H2,1-5H3,(H,27,29)(H,28,30)(H2,25,26,31). The minimum Gasteiger partial charge on any atom is -0.493 e. The maximum atomic E-state index is 12.6. The quantitative estimate of drug-likeness (QED) is 0.433. The molecule has 0 radical (unpaired) electrons. The van der Waals surface area contributed by atoms with E-state index in [0.29, 0.717) is 18.0 Å². The van der Waals surface area contributed by atoms with Crippen molar-refractivity contribution in [1.82, 2.24) is 21.5 Å². The highest BCUT2D eigenvalue weighted by atomic mass is 16.5. The van der Waals surface area contributed by atoms with Crippen LogP contribution in [-0.4, -0.2) is 37.1 Å². The molecule has 2 aromatic rings. The van der Waals surface area contributed by atoms with Crippen molar-refractivity contribution in [2.45, 2.75) is 46.4 Å². The summed E-state index contributed by atoms with van der Waals surface area (Å²) in [5.74, 6) is -0.371. The third kappa shape index (κ3) is 8.03. The van der Waals surface area contributed by atoms with Gasteiger partial charge in [-0.05, 0) is 43.5 Å². The summed E-state index contributed by atoms with van der Waals surface area (Å²) in [5, 5.41) is 5.36. The Morgan fingerprint density at radius 3 is 2.21 bits per heavy atom. The predicted molar refractivity (Wildman–Crippen MR) is 125 cm³/mol. The first-order valence-corrected chi connectivity index (χ1v) is 10.7. The highest BCUT2D eigenvalue weighted by Crippen LogP contribution is 2.28. The van der Waals surface area contributed by atoms with Crippen LogP contribution >= 0.6 is 0 Å². The van der Waals surface area contributed by atoms with E-state index in [9.17, 15) is 14.4 Å². The Morgan fingerprint density at radius 1 is 0.909 bits per heavy atom. The van der Waals surface area contributed by atoms with Gasteiger partial charge in [-0.25, -0.2) is 4.79 Å². The Balaban J connectivity index is 1.93. The number of hydrogen-bond donors (Lipinski definition) is 4. The monoisotopic (exact) mass is 456 g/mol. The molecule has 0 bridgehead atoms. The number of urea groups is 1. The number of methoxy groups -OCH3 is 1. The molecule has 1 unspecified atom stereocenters. The molecule has 1 atom stereocenters. The summed E-state index contributed by atoms with van der Waals surface area (Å²) in [7, 11) is 1.48. The number of ether oxygens (including phenoxy) is 2. The Labute approximate surface area is 194 Å². The molecule has 9 nitrogen and oxygen atoms in total. The van der Waals surface area contributed by atoms with Gasteiger partial charge in [-0.3, -0.25) is 20.4 Å². The lowest BCUT2D eigenvalue weighted by molar-refractivity contribution is -0.124. The topological polar surface area (TPSA) is 118 Å². The molecule has 0 spiro atoms. The summed E-state index contributed by atoms with van der Waals surface area (Å²) in [4.78, 5) is 37.4. The fraction of sp³-hybridized carbons (Fsp3) is 0.375. The third-order valence-corrected chi connectivity index (χ3v) is 4.62. The first-order valence-electron chi connectivity index (χ1n) is 10.7. The predicted octanol–water partition coefficient (Wildman–Crippen LogP) is 2.77. The summed E-state index contributed by atoms with van der Waals surface area (Å²) in [6, 6.07) is 12.8. The Kier molecular flexibility index (Phi) is 9.53. The van der Waals surface area contributed by atoms with Gasteiger partial charge < -0.3 is 20.1 Å². The van der Waals surface area contributed by atoms with E-state index in [2.05, 4.69) is 21.5 Å². The highest BCUT2D eigenvalue weighted by Gasteiger charge is 2.25. The first kappa shape index (κ1) is 25.5. The van der Waals surface area contributed by atoms with Crippen LogP contribution in [0.4, 0.5) is 4.79 Å². The molecule has 0 heterocycles. The van der Waals surface area contributed by atoms with Crippen LogP contribution < -0.4 is 31.0 Å². The molecular weight excluding hydrogens is 424 g/mol. The average Bonchev–Trinajstić information content (AvgIpc) is 2.79. The second-order valence-electron chi connectivity index (χ2n) is 8.01. The van der Waals surface area contributed by atoms with Gasteiger partial charge in [0.1, 0.15) is 6.04 Å². The van der Waals surface area contributed by atoms with Gasteiger partial charge in [0, 0.05) is 12.1 Å². The largest absolute Gasteiger partial charge is 0.493 e. The number of carbonyl (C=O) groups is 3. The maximum Gasteiger partial charge on any atom is 0.315 e. The van der Waals surface area contributed by atoms with Gasteiger partial charge in [0.05, 0.1) is 13.2 Å². The number of rotatable bonds is 9. The average molecular weight is 457 g/mol. The van der Waals surface area contributed by atoms with E-state index in [1.165, 1.54) is 13.2 Å². The molecule has 0 fully saturated rings. The molecule has 33 heavy (non-hydrogen) atoms. The smallest absolute Gasteiger partial charge is 0.315 e. The van der Waals surface area contributed by atoms with Crippen LogP contribution in [0.5, 0.6) is 11.5 Å². The van der Waals surface area contributed by atoms with Crippen molar-refractivity contribution in [1.29, 1.82) is 0 Å². The van der Waals surface area contributed by atoms with Crippen molar-refractivity contribution < 1.29 is 23.9 Å². The van der Waals surface area contributed by atoms with Crippen molar-refractivity contribution in [3.63, 3.8) is 0 Å². The lowest BCUT2D eigenvalue weighted by Gasteiger charge is -2.22. The van der Waals surface area contributed by atoms with Gasteiger partial charge in [0.2, 0.25) is 0 Å². The number of nitrogens with one attached hydrogen (secondary N) is 4. The van der Waals surface area contributed by atoms with Gasteiger partial charge in [0.15, 0.2) is 11.5 Å². The molecular formula is C24H32N4O5. The minimum atomic E-state index is -0.850. The second-order valence-corrected chi connectivity index (χ2v) is 8.01. The van der Waals surface area contributed by atoms with Crippen LogP contribution in [0.2, 0.25) is 0 Å². The van der Waals surface area contributed by atoms with Gasteiger partial charge in [-0.1, -0.05) is 44.2 Å². The summed E-state index contributed by atoms with van der Waals surface area (Å²) in [6.07, 6.45) is -0.0526. The van der Waals surface area contributed by atoms with Crippen LogP contribution in [-0.2, 0) is 11.3 Å². The highest BCUT2D eigenvalue weighted by molar-refractivity contribution is 5.97. The number of amides is 4. The van der Waals surface area contributed by atoms with E-state index in [0.717, 1.165) is 5.56 Å². The zero-order valence-electron chi connectivity index (χ0n) is 19.6. The Morgan fingerprint density at radius 2 is 1.61 bits per heavy atom. The fourth-order valence-electron chi connectivity index (χ4n) is 2.93. The molecule has 9 heteroatoms. The van der Waals surface area contributed by atoms with E-state index >= 15 is 0 Å². The number of hydrazine groups is 1. The van der Waals surface area contributed by atoms with E-state index in [1.54, 1.807) is 26.0 Å². The van der Waals surface area contributed by atoms with Crippen LogP contribution in [0.1, 0.15) is 43.6 Å². The molecule has 4 N–H and O–H groups in total. The summed E-state index contributed by atoms with van der Waals surface area (Å²) < 4.78 is 10.9. The summed E-state index contributed by atoms with van der Waals surface area (Å²) >= 11 is 0. The van der Waals surface area contributed by atoms with Crippen molar-refractivity contribution in [3.05, 3.63) is 59.7 Å². The molecule has 4 amide bonds. The molecule has 0 aromatic heterocycles. The zero-order chi connectivity index (χ0) is 24.4. The molecule has 0 aliphatic rings. The van der Waals surface area contributed by atoms with Crippen molar-refractivity contribution in [2.75, 3.05) is 7.11 Å². The lowest BCUT2D eigenvalue weighted by Crippen LogP contribution is -2.55. The molecule has 0 saturated heterocycles. The molecule has 2 aromatic carbocycles. The normalized spacial score (nSPS) is 11.5. The van der Waals surface area contributed by atoms with Gasteiger partial charge in [-0.2, -0.15) is 0 Å². The van der Waals surface area contributed by atoms with E-state index in [1.807, 2.05) is 44.2 Å². The molecule has 2 rings (SSSR count). The molecule has 0 aliphatic carbocycles. The number of benzene rings is 2. The van der Waals surface area contributed by atoms with Crippen molar-refractivity contribution in [3.8, 4) is 11.5 Å². The SMILES string of the molecule is COc1cc(C(=O)NNC(=O)C(NC(=O)NCc2ccccc2)C(C)C)ccc1OC(C)C.